The van der Waals surface area contributed by atoms with Crippen LogP contribution in [0.15, 0.2) is 30.3 Å². The molecule has 76 valence electrons. The fourth-order valence-electron chi connectivity index (χ4n) is 2.03. The van der Waals surface area contributed by atoms with Crippen LogP contribution in [0, 0.1) is 5.92 Å². The topological polar surface area (TPSA) is 40.5 Å². The Morgan fingerprint density at radius 1 is 1.21 bits per heavy atom. The zero-order valence-corrected chi connectivity index (χ0v) is 8.30. The molecule has 1 aliphatic rings. The molecule has 1 aromatic rings. The molecule has 0 amide bonds. The molecule has 2 heteroatoms. The van der Waals surface area contributed by atoms with Gasteiger partial charge in [-0.25, -0.2) is 0 Å². The fraction of sp³-hybridized carbons (Fsp3) is 0.500. The van der Waals surface area contributed by atoms with Crippen molar-refractivity contribution in [1.29, 1.82) is 0 Å². The first-order valence-corrected chi connectivity index (χ1v) is 5.11. The lowest BCUT2D eigenvalue weighted by Gasteiger charge is -2.12. The second-order valence-corrected chi connectivity index (χ2v) is 4.15. The number of hydrogen-bond acceptors (Lipinski definition) is 2. The standard InChI is InChI=1S/C12H16O2/c1-8(13)12(14)11-7-10(11)9-5-3-2-4-6-9/h2-6,8,10-14H,7H2,1H3. The minimum absolute atomic E-state index is 0.248. The van der Waals surface area contributed by atoms with Crippen LogP contribution in [-0.4, -0.2) is 22.4 Å². The molecule has 1 aliphatic carbocycles. The molecule has 1 aromatic carbocycles. The Kier molecular flexibility index (Phi) is 2.57. The molecule has 2 nitrogen and oxygen atoms in total. The minimum Gasteiger partial charge on any atom is -0.391 e. The van der Waals surface area contributed by atoms with Crippen LogP contribution < -0.4 is 0 Å². The lowest BCUT2D eigenvalue weighted by molar-refractivity contribution is 0.0162. The normalized spacial score (nSPS) is 29.6. The van der Waals surface area contributed by atoms with Crippen molar-refractivity contribution in [3.05, 3.63) is 35.9 Å². The molecule has 1 saturated carbocycles. The second-order valence-electron chi connectivity index (χ2n) is 4.15. The van der Waals surface area contributed by atoms with E-state index in [2.05, 4.69) is 12.1 Å². The van der Waals surface area contributed by atoms with Crippen molar-refractivity contribution < 1.29 is 10.2 Å². The molecule has 14 heavy (non-hydrogen) atoms. The SMILES string of the molecule is CC(O)C(O)C1CC1c1ccccc1. The van der Waals surface area contributed by atoms with E-state index in [4.69, 9.17) is 0 Å². The first-order valence-electron chi connectivity index (χ1n) is 5.11. The maximum atomic E-state index is 9.65. The average molecular weight is 192 g/mol. The molecule has 4 atom stereocenters. The minimum atomic E-state index is -0.617. The Morgan fingerprint density at radius 2 is 1.86 bits per heavy atom. The van der Waals surface area contributed by atoms with Gasteiger partial charge >= 0.3 is 0 Å². The molecule has 0 radical (unpaired) electrons. The summed E-state index contributed by atoms with van der Waals surface area (Å²) in [7, 11) is 0. The summed E-state index contributed by atoms with van der Waals surface area (Å²) < 4.78 is 0. The number of aliphatic hydroxyl groups is 2. The number of aliphatic hydroxyl groups excluding tert-OH is 2. The molecule has 0 saturated heterocycles. The van der Waals surface area contributed by atoms with Crippen molar-refractivity contribution in [2.24, 2.45) is 5.92 Å². The van der Waals surface area contributed by atoms with Gasteiger partial charge in [-0.3, -0.25) is 0 Å². The van der Waals surface area contributed by atoms with Gasteiger partial charge in [0.1, 0.15) is 0 Å². The van der Waals surface area contributed by atoms with E-state index in [-0.39, 0.29) is 5.92 Å². The highest BCUT2D eigenvalue weighted by molar-refractivity contribution is 5.26. The highest BCUT2D eigenvalue weighted by Crippen LogP contribution is 2.49. The van der Waals surface area contributed by atoms with E-state index in [1.807, 2.05) is 18.2 Å². The monoisotopic (exact) mass is 192 g/mol. The Balaban J connectivity index is 2.00. The summed E-state index contributed by atoms with van der Waals surface area (Å²) in [6.07, 6.45) is -0.190. The molecule has 0 aliphatic heterocycles. The third kappa shape index (κ3) is 1.81. The molecule has 0 spiro atoms. The van der Waals surface area contributed by atoms with E-state index in [1.165, 1.54) is 5.56 Å². The summed E-state index contributed by atoms with van der Waals surface area (Å²) in [4.78, 5) is 0. The lowest BCUT2D eigenvalue weighted by atomic mass is 10.0. The van der Waals surface area contributed by atoms with Crippen LogP contribution in [0.25, 0.3) is 0 Å². The summed E-state index contributed by atoms with van der Waals surface area (Å²) in [5.74, 6) is 0.693. The fourth-order valence-corrected chi connectivity index (χ4v) is 2.03. The maximum absolute atomic E-state index is 9.65. The van der Waals surface area contributed by atoms with Crippen LogP contribution in [0.1, 0.15) is 24.8 Å². The highest BCUT2D eigenvalue weighted by atomic mass is 16.3. The predicted octanol–water partition coefficient (Wildman–Crippen LogP) is 1.53. The summed E-state index contributed by atoms with van der Waals surface area (Å²) in [5.41, 5.74) is 1.28. The molecule has 0 heterocycles. The van der Waals surface area contributed by atoms with E-state index >= 15 is 0 Å². The van der Waals surface area contributed by atoms with Gasteiger partial charge in [0.25, 0.3) is 0 Å². The van der Waals surface area contributed by atoms with E-state index in [0.29, 0.717) is 5.92 Å². The summed E-state index contributed by atoms with van der Waals surface area (Å²) >= 11 is 0. The van der Waals surface area contributed by atoms with E-state index in [1.54, 1.807) is 6.92 Å². The van der Waals surface area contributed by atoms with Gasteiger partial charge in [-0.2, -0.15) is 0 Å². The van der Waals surface area contributed by atoms with Crippen molar-refractivity contribution >= 4 is 0 Å². The zero-order chi connectivity index (χ0) is 10.1. The molecule has 2 rings (SSSR count). The lowest BCUT2D eigenvalue weighted by Crippen LogP contribution is -2.25. The molecule has 4 unspecified atom stereocenters. The van der Waals surface area contributed by atoms with Crippen molar-refractivity contribution in [2.75, 3.05) is 0 Å². The molecular formula is C12H16O2. The average Bonchev–Trinajstić information content (AvgIpc) is 2.97. The first kappa shape index (κ1) is 9.69. The largest absolute Gasteiger partial charge is 0.391 e. The van der Waals surface area contributed by atoms with Crippen molar-refractivity contribution in [3.63, 3.8) is 0 Å². The van der Waals surface area contributed by atoms with Gasteiger partial charge < -0.3 is 10.2 Å². The van der Waals surface area contributed by atoms with Crippen LogP contribution in [0.5, 0.6) is 0 Å². The van der Waals surface area contributed by atoms with Crippen LogP contribution in [0.4, 0.5) is 0 Å². The van der Waals surface area contributed by atoms with E-state index in [0.717, 1.165) is 6.42 Å². The zero-order valence-electron chi connectivity index (χ0n) is 8.30. The Labute approximate surface area is 84.2 Å². The molecule has 2 N–H and O–H groups in total. The Hall–Kier alpha value is -0.860. The van der Waals surface area contributed by atoms with E-state index in [9.17, 15) is 10.2 Å². The molecule has 1 fully saturated rings. The van der Waals surface area contributed by atoms with Gasteiger partial charge in [0.15, 0.2) is 0 Å². The van der Waals surface area contributed by atoms with Crippen molar-refractivity contribution in [2.45, 2.75) is 31.5 Å². The second kappa shape index (κ2) is 3.71. The van der Waals surface area contributed by atoms with E-state index < -0.39 is 12.2 Å². The van der Waals surface area contributed by atoms with Gasteiger partial charge in [0.2, 0.25) is 0 Å². The summed E-state index contributed by atoms with van der Waals surface area (Å²) in [5, 5.41) is 18.9. The van der Waals surface area contributed by atoms with Gasteiger partial charge in [-0.05, 0) is 30.7 Å². The smallest absolute Gasteiger partial charge is 0.0830 e. The summed E-state index contributed by atoms with van der Waals surface area (Å²) in [6, 6.07) is 10.2. The first-order chi connectivity index (χ1) is 6.70. The van der Waals surface area contributed by atoms with Gasteiger partial charge in [0, 0.05) is 0 Å². The Morgan fingerprint density at radius 3 is 2.43 bits per heavy atom. The van der Waals surface area contributed by atoms with Crippen LogP contribution in [0.2, 0.25) is 0 Å². The van der Waals surface area contributed by atoms with Crippen LogP contribution in [-0.2, 0) is 0 Å². The van der Waals surface area contributed by atoms with Crippen molar-refractivity contribution in [1.82, 2.24) is 0 Å². The number of benzene rings is 1. The number of hydrogen-bond donors (Lipinski definition) is 2. The summed E-state index contributed by atoms with van der Waals surface area (Å²) in [6.45, 7) is 1.64. The van der Waals surface area contributed by atoms with Gasteiger partial charge in [0.05, 0.1) is 12.2 Å². The van der Waals surface area contributed by atoms with Crippen molar-refractivity contribution in [3.8, 4) is 0 Å². The Bertz CT molecular complexity index is 294. The quantitative estimate of drug-likeness (QED) is 0.762. The molecule has 0 aromatic heterocycles. The maximum Gasteiger partial charge on any atom is 0.0830 e. The molecular weight excluding hydrogens is 176 g/mol. The molecule has 0 bridgehead atoms. The van der Waals surface area contributed by atoms with Gasteiger partial charge in [-0.1, -0.05) is 30.3 Å². The van der Waals surface area contributed by atoms with Crippen LogP contribution in [0.3, 0.4) is 0 Å². The highest BCUT2D eigenvalue weighted by Gasteiger charge is 2.44. The third-order valence-corrected chi connectivity index (χ3v) is 3.00. The van der Waals surface area contributed by atoms with Gasteiger partial charge in [-0.15, -0.1) is 0 Å². The predicted molar refractivity (Wildman–Crippen MR) is 55.0 cm³/mol. The third-order valence-electron chi connectivity index (χ3n) is 3.00. The van der Waals surface area contributed by atoms with Crippen LogP contribution >= 0.6 is 0 Å². The number of rotatable bonds is 3.